The number of halogens is 1. The predicted octanol–water partition coefficient (Wildman–Crippen LogP) is 1.35. The maximum atomic E-state index is 13.1. The number of anilines is 1. The Balaban J connectivity index is 1.81. The number of aromatic nitrogens is 2. The van der Waals surface area contributed by atoms with Crippen molar-refractivity contribution in [1.29, 1.82) is 5.26 Å². The molecule has 1 aliphatic rings. The molecule has 1 saturated heterocycles. The van der Waals surface area contributed by atoms with Crippen molar-refractivity contribution in [3.63, 3.8) is 0 Å². The zero-order valence-corrected chi connectivity index (χ0v) is 10.4. The number of nitrogens with zero attached hydrogens (tertiary/aromatic N) is 4. The SMILES string of the molecule is N#CCN1CCN(c2n[nH]c3cc(F)ccc23)CC1. The van der Waals surface area contributed by atoms with E-state index in [1.807, 2.05) is 0 Å². The molecule has 0 bridgehead atoms. The van der Waals surface area contributed by atoms with Gasteiger partial charge in [0.05, 0.1) is 18.1 Å². The smallest absolute Gasteiger partial charge is 0.158 e. The van der Waals surface area contributed by atoms with Gasteiger partial charge < -0.3 is 4.90 Å². The second-order valence-corrected chi connectivity index (χ2v) is 4.66. The molecule has 0 spiro atoms. The first-order valence-electron chi connectivity index (χ1n) is 6.26. The number of H-pyrrole nitrogens is 1. The summed E-state index contributed by atoms with van der Waals surface area (Å²) in [6.07, 6.45) is 0. The maximum absolute atomic E-state index is 13.1. The molecule has 0 saturated carbocycles. The summed E-state index contributed by atoms with van der Waals surface area (Å²) >= 11 is 0. The van der Waals surface area contributed by atoms with E-state index in [-0.39, 0.29) is 5.82 Å². The van der Waals surface area contributed by atoms with Gasteiger partial charge in [-0.2, -0.15) is 10.4 Å². The lowest BCUT2D eigenvalue weighted by molar-refractivity contribution is 0.286. The Morgan fingerprint density at radius 3 is 2.84 bits per heavy atom. The summed E-state index contributed by atoms with van der Waals surface area (Å²) in [5.74, 6) is 0.605. The molecule has 3 rings (SSSR count). The summed E-state index contributed by atoms with van der Waals surface area (Å²) in [6.45, 7) is 3.84. The van der Waals surface area contributed by atoms with Crippen LogP contribution >= 0.6 is 0 Å². The van der Waals surface area contributed by atoms with Crippen molar-refractivity contribution in [3.05, 3.63) is 24.0 Å². The molecule has 1 N–H and O–H groups in total. The lowest BCUT2D eigenvalue weighted by atomic mass is 10.2. The van der Waals surface area contributed by atoms with Gasteiger partial charge in [0.25, 0.3) is 0 Å². The van der Waals surface area contributed by atoms with Gasteiger partial charge in [-0.1, -0.05) is 0 Å². The molecule has 0 amide bonds. The number of nitrogens with one attached hydrogen (secondary N) is 1. The van der Waals surface area contributed by atoms with Gasteiger partial charge in [0.2, 0.25) is 0 Å². The summed E-state index contributed by atoms with van der Waals surface area (Å²) < 4.78 is 13.1. The zero-order valence-electron chi connectivity index (χ0n) is 10.4. The van der Waals surface area contributed by atoms with Gasteiger partial charge >= 0.3 is 0 Å². The van der Waals surface area contributed by atoms with E-state index in [1.165, 1.54) is 12.1 Å². The molecule has 1 aliphatic heterocycles. The van der Waals surface area contributed by atoms with E-state index < -0.39 is 0 Å². The largest absolute Gasteiger partial charge is 0.352 e. The van der Waals surface area contributed by atoms with Crippen LogP contribution < -0.4 is 4.90 Å². The number of aromatic amines is 1. The summed E-state index contributed by atoms with van der Waals surface area (Å²) in [4.78, 5) is 4.29. The average molecular weight is 259 g/mol. The molecule has 0 unspecified atom stereocenters. The second-order valence-electron chi connectivity index (χ2n) is 4.66. The molecule has 1 aromatic heterocycles. The van der Waals surface area contributed by atoms with Gasteiger partial charge in [-0.15, -0.1) is 0 Å². The quantitative estimate of drug-likeness (QED) is 0.827. The van der Waals surface area contributed by atoms with Gasteiger partial charge in [0.15, 0.2) is 5.82 Å². The molecule has 0 radical (unpaired) electrons. The van der Waals surface area contributed by atoms with Crippen molar-refractivity contribution in [2.24, 2.45) is 0 Å². The van der Waals surface area contributed by atoms with Crippen molar-refractivity contribution < 1.29 is 4.39 Å². The third-order valence-electron chi connectivity index (χ3n) is 3.47. The van der Waals surface area contributed by atoms with Crippen LogP contribution in [0.4, 0.5) is 10.2 Å². The van der Waals surface area contributed by atoms with Crippen molar-refractivity contribution in [2.75, 3.05) is 37.6 Å². The fraction of sp³-hybridized carbons (Fsp3) is 0.385. The molecule has 19 heavy (non-hydrogen) atoms. The highest BCUT2D eigenvalue weighted by atomic mass is 19.1. The van der Waals surface area contributed by atoms with E-state index in [0.717, 1.165) is 42.9 Å². The third-order valence-corrected chi connectivity index (χ3v) is 3.47. The van der Waals surface area contributed by atoms with Crippen molar-refractivity contribution in [3.8, 4) is 6.07 Å². The Kier molecular flexibility index (Phi) is 3.05. The first-order valence-corrected chi connectivity index (χ1v) is 6.26. The van der Waals surface area contributed by atoms with Gasteiger partial charge in [-0.05, 0) is 18.2 Å². The van der Waals surface area contributed by atoms with Gasteiger partial charge in [-0.25, -0.2) is 4.39 Å². The molecule has 0 atom stereocenters. The first-order chi connectivity index (χ1) is 9.28. The fourth-order valence-electron chi connectivity index (χ4n) is 2.44. The Morgan fingerprint density at radius 1 is 1.32 bits per heavy atom. The zero-order chi connectivity index (χ0) is 13.2. The summed E-state index contributed by atoms with van der Waals surface area (Å²) in [5.41, 5.74) is 0.717. The number of piperazine rings is 1. The first kappa shape index (κ1) is 11.9. The van der Waals surface area contributed by atoms with E-state index in [4.69, 9.17) is 5.26 Å². The van der Waals surface area contributed by atoms with Crippen LogP contribution in [-0.4, -0.2) is 47.8 Å². The van der Waals surface area contributed by atoms with E-state index in [2.05, 4.69) is 26.1 Å². The summed E-state index contributed by atoms with van der Waals surface area (Å²) in [5, 5.41) is 16.8. The topological polar surface area (TPSA) is 59.0 Å². The molecule has 1 aromatic carbocycles. The van der Waals surface area contributed by atoms with Crippen LogP contribution in [0.3, 0.4) is 0 Å². The minimum Gasteiger partial charge on any atom is -0.352 e. The molecular formula is C13H14FN5. The Hall–Kier alpha value is -2.13. The van der Waals surface area contributed by atoms with E-state index in [0.29, 0.717) is 6.54 Å². The highest BCUT2D eigenvalue weighted by Gasteiger charge is 2.20. The van der Waals surface area contributed by atoms with E-state index in [1.54, 1.807) is 6.07 Å². The van der Waals surface area contributed by atoms with Gasteiger partial charge in [-0.3, -0.25) is 10.00 Å². The number of benzene rings is 1. The number of hydrogen-bond donors (Lipinski definition) is 1. The van der Waals surface area contributed by atoms with Crippen LogP contribution in [0, 0.1) is 17.1 Å². The molecular weight excluding hydrogens is 245 g/mol. The molecule has 2 aromatic rings. The molecule has 2 heterocycles. The maximum Gasteiger partial charge on any atom is 0.158 e. The average Bonchev–Trinajstić information content (AvgIpc) is 2.83. The molecule has 6 heteroatoms. The van der Waals surface area contributed by atoms with Crippen LogP contribution in [0.25, 0.3) is 10.9 Å². The van der Waals surface area contributed by atoms with Crippen molar-refractivity contribution >= 4 is 16.7 Å². The van der Waals surface area contributed by atoms with Gasteiger partial charge in [0.1, 0.15) is 5.82 Å². The number of hydrogen-bond acceptors (Lipinski definition) is 4. The predicted molar refractivity (Wildman–Crippen MR) is 70.3 cm³/mol. The highest BCUT2D eigenvalue weighted by molar-refractivity contribution is 5.90. The van der Waals surface area contributed by atoms with Crippen LogP contribution in [0.1, 0.15) is 0 Å². The number of rotatable bonds is 2. The molecule has 1 fully saturated rings. The molecule has 0 aliphatic carbocycles. The standard InChI is InChI=1S/C13H14FN5/c14-10-1-2-11-12(9-10)16-17-13(11)19-7-5-18(4-3-15)6-8-19/h1-2,9H,4-8H2,(H,16,17). The van der Waals surface area contributed by atoms with Crippen LogP contribution in [0.15, 0.2) is 18.2 Å². The molecule has 98 valence electrons. The monoisotopic (exact) mass is 259 g/mol. The van der Waals surface area contributed by atoms with Crippen molar-refractivity contribution in [1.82, 2.24) is 15.1 Å². The summed E-state index contributed by atoms with van der Waals surface area (Å²) in [6, 6.07) is 6.83. The van der Waals surface area contributed by atoms with E-state index >= 15 is 0 Å². The lowest BCUT2D eigenvalue weighted by Gasteiger charge is -2.33. The van der Waals surface area contributed by atoms with E-state index in [9.17, 15) is 4.39 Å². The minimum atomic E-state index is -0.262. The summed E-state index contributed by atoms with van der Waals surface area (Å²) in [7, 11) is 0. The Bertz CT molecular complexity index is 621. The van der Waals surface area contributed by atoms with Crippen LogP contribution in [0.2, 0.25) is 0 Å². The number of fused-ring (bicyclic) bond motifs is 1. The third kappa shape index (κ3) is 2.25. The van der Waals surface area contributed by atoms with Gasteiger partial charge in [0, 0.05) is 31.6 Å². The highest BCUT2D eigenvalue weighted by Crippen LogP contribution is 2.25. The van der Waals surface area contributed by atoms with Crippen LogP contribution in [0.5, 0.6) is 0 Å². The van der Waals surface area contributed by atoms with Crippen LogP contribution in [-0.2, 0) is 0 Å². The van der Waals surface area contributed by atoms with Crippen molar-refractivity contribution in [2.45, 2.75) is 0 Å². The molecule has 5 nitrogen and oxygen atoms in total. The minimum absolute atomic E-state index is 0.262. The number of nitriles is 1. The lowest BCUT2D eigenvalue weighted by Crippen LogP contribution is -2.46. The normalized spacial score (nSPS) is 16.7. The fourth-order valence-corrected chi connectivity index (χ4v) is 2.44. The second kappa shape index (κ2) is 4.86. The Morgan fingerprint density at radius 2 is 2.11 bits per heavy atom. The Labute approximate surface area is 110 Å².